The molecule has 15 heavy (non-hydrogen) atoms. The molecular formula is C12H19N3. The molecule has 2 aliphatic rings. The van der Waals surface area contributed by atoms with Crippen molar-refractivity contribution in [2.45, 2.75) is 31.6 Å². The summed E-state index contributed by atoms with van der Waals surface area (Å²) < 4.78 is 0. The minimum absolute atomic E-state index is 0.694. The van der Waals surface area contributed by atoms with Crippen molar-refractivity contribution in [2.75, 3.05) is 19.6 Å². The summed E-state index contributed by atoms with van der Waals surface area (Å²) in [5.41, 5.74) is 1.33. The predicted octanol–water partition coefficient (Wildman–Crippen LogP) is 2.00. The summed E-state index contributed by atoms with van der Waals surface area (Å²) in [5.74, 6) is 1.71. The Morgan fingerprint density at radius 1 is 1.40 bits per heavy atom. The number of H-pyrrole nitrogens is 1. The highest BCUT2D eigenvalue weighted by Gasteiger charge is 2.28. The molecule has 2 fully saturated rings. The molecule has 0 bridgehead atoms. The molecule has 0 spiro atoms. The van der Waals surface area contributed by atoms with Gasteiger partial charge in [0.05, 0.1) is 0 Å². The van der Waals surface area contributed by atoms with E-state index in [0.717, 1.165) is 5.92 Å². The van der Waals surface area contributed by atoms with E-state index in [1.54, 1.807) is 0 Å². The molecule has 0 radical (unpaired) electrons. The van der Waals surface area contributed by atoms with Gasteiger partial charge in [-0.25, -0.2) is 0 Å². The Kier molecular flexibility index (Phi) is 2.49. The van der Waals surface area contributed by atoms with Gasteiger partial charge in [0.15, 0.2) is 0 Å². The second kappa shape index (κ2) is 3.97. The molecule has 82 valence electrons. The third-order valence-electron chi connectivity index (χ3n) is 3.68. The first kappa shape index (κ1) is 9.40. The van der Waals surface area contributed by atoms with E-state index in [2.05, 4.69) is 21.2 Å². The minimum atomic E-state index is 0.694. The normalized spacial score (nSPS) is 28.1. The van der Waals surface area contributed by atoms with Gasteiger partial charge in [-0.05, 0) is 44.2 Å². The van der Waals surface area contributed by atoms with E-state index < -0.39 is 0 Å². The number of aromatic nitrogens is 2. The summed E-state index contributed by atoms with van der Waals surface area (Å²) >= 11 is 0. The van der Waals surface area contributed by atoms with Gasteiger partial charge in [0, 0.05) is 30.9 Å². The standard InChI is InChI=1S/C12H19N3/c1-2-11(12-5-6-13-14-12)9-15(7-1)8-10-3-4-10/h5-6,10-11H,1-4,7-9H2,(H,13,14). The Labute approximate surface area is 90.9 Å². The molecule has 1 N–H and O–H groups in total. The largest absolute Gasteiger partial charge is 0.302 e. The van der Waals surface area contributed by atoms with Crippen LogP contribution in [0.15, 0.2) is 12.3 Å². The van der Waals surface area contributed by atoms with Crippen LogP contribution in [0.2, 0.25) is 0 Å². The fraction of sp³-hybridized carbons (Fsp3) is 0.750. The Morgan fingerprint density at radius 3 is 3.07 bits per heavy atom. The predicted molar refractivity (Wildman–Crippen MR) is 59.7 cm³/mol. The summed E-state index contributed by atoms with van der Waals surface area (Å²) in [7, 11) is 0. The van der Waals surface area contributed by atoms with Crippen LogP contribution in [0.4, 0.5) is 0 Å². The molecule has 1 atom stereocenters. The van der Waals surface area contributed by atoms with E-state index >= 15 is 0 Å². The molecule has 1 saturated heterocycles. The minimum Gasteiger partial charge on any atom is -0.302 e. The second-order valence-electron chi connectivity index (χ2n) is 5.05. The molecule has 1 saturated carbocycles. The number of hydrogen-bond acceptors (Lipinski definition) is 2. The fourth-order valence-corrected chi connectivity index (χ4v) is 2.63. The lowest BCUT2D eigenvalue weighted by molar-refractivity contribution is 0.198. The lowest BCUT2D eigenvalue weighted by Gasteiger charge is -2.32. The van der Waals surface area contributed by atoms with E-state index in [-0.39, 0.29) is 0 Å². The van der Waals surface area contributed by atoms with Gasteiger partial charge in [0.2, 0.25) is 0 Å². The van der Waals surface area contributed by atoms with E-state index in [0.29, 0.717) is 5.92 Å². The molecule has 1 unspecified atom stereocenters. The summed E-state index contributed by atoms with van der Waals surface area (Å²) in [6, 6.07) is 2.13. The lowest BCUT2D eigenvalue weighted by Crippen LogP contribution is -2.35. The molecule has 2 heterocycles. The van der Waals surface area contributed by atoms with Gasteiger partial charge in [-0.2, -0.15) is 5.10 Å². The van der Waals surface area contributed by atoms with Crippen molar-refractivity contribution in [3.8, 4) is 0 Å². The molecule has 3 heteroatoms. The molecule has 1 aliphatic carbocycles. The average molecular weight is 205 g/mol. The van der Waals surface area contributed by atoms with Crippen molar-refractivity contribution >= 4 is 0 Å². The number of nitrogens with one attached hydrogen (secondary N) is 1. The van der Waals surface area contributed by atoms with Crippen molar-refractivity contribution in [1.82, 2.24) is 15.1 Å². The van der Waals surface area contributed by atoms with Crippen LogP contribution in [-0.4, -0.2) is 34.7 Å². The number of nitrogens with zero attached hydrogens (tertiary/aromatic N) is 2. The van der Waals surface area contributed by atoms with E-state index in [1.165, 1.54) is 51.0 Å². The molecule has 3 nitrogen and oxygen atoms in total. The third kappa shape index (κ3) is 2.23. The monoisotopic (exact) mass is 205 g/mol. The molecule has 0 aromatic carbocycles. The summed E-state index contributed by atoms with van der Waals surface area (Å²) in [6.07, 6.45) is 7.46. The Balaban J connectivity index is 1.60. The van der Waals surface area contributed by atoms with Crippen molar-refractivity contribution in [1.29, 1.82) is 0 Å². The molecule has 1 aromatic heterocycles. The quantitative estimate of drug-likeness (QED) is 0.818. The Morgan fingerprint density at radius 2 is 2.33 bits per heavy atom. The number of aromatic amines is 1. The van der Waals surface area contributed by atoms with Gasteiger partial charge in [-0.1, -0.05) is 0 Å². The van der Waals surface area contributed by atoms with E-state index in [1.807, 2.05) is 6.20 Å². The maximum absolute atomic E-state index is 4.05. The van der Waals surface area contributed by atoms with Crippen LogP contribution in [0.3, 0.4) is 0 Å². The zero-order chi connectivity index (χ0) is 10.1. The van der Waals surface area contributed by atoms with E-state index in [4.69, 9.17) is 0 Å². The number of piperidine rings is 1. The molecule has 1 aromatic rings. The van der Waals surface area contributed by atoms with E-state index in [9.17, 15) is 0 Å². The number of hydrogen-bond donors (Lipinski definition) is 1. The van der Waals surface area contributed by atoms with Crippen LogP contribution in [0.1, 0.15) is 37.3 Å². The average Bonchev–Trinajstić information content (AvgIpc) is 2.91. The molecule has 3 rings (SSSR count). The lowest BCUT2D eigenvalue weighted by atomic mass is 9.95. The molecular weight excluding hydrogens is 186 g/mol. The van der Waals surface area contributed by atoms with Crippen LogP contribution in [0.5, 0.6) is 0 Å². The fourth-order valence-electron chi connectivity index (χ4n) is 2.63. The Bertz CT molecular complexity index is 303. The summed E-state index contributed by atoms with van der Waals surface area (Å²) in [5, 5.41) is 7.17. The maximum Gasteiger partial charge on any atom is 0.0490 e. The first-order valence-electron chi connectivity index (χ1n) is 6.13. The first-order chi connectivity index (χ1) is 7.42. The number of rotatable bonds is 3. The van der Waals surface area contributed by atoms with Crippen LogP contribution < -0.4 is 0 Å². The zero-order valence-corrected chi connectivity index (χ0v) is 9.15. The highest BCUT2D eigenvalue weighted by molar-refractivity contribution is 5.07. The van der Waals surface area contributed by atoms with Crippen molar-refractivity contribution in [3.05, 3.63) is 18.0 Å². The topological polar surface area (TPSA) is 31.9 Å². The second-order valence-corrected chi connectivity index (χ2v) is 5.05. The highest BCUT2D eigenvalue weighted by atomic mass is 15.2. The SMILES string of the molecule is c1cc(C2CCCN(CC3CC3)C2)[nH]n1. The van der Waals surface area contributed by atoms with Crippen LogP contribution in [0.25, 0.3) is 0 Å². The third-order valence-corrected chi connectivity index (χ3v) is 3.68. The van der Waals surface area contributed by atoms with Crippen molar-refractivity contribution in [3.63, 3.8) is 0 Å². The van der Waals surface area contributed by atoms with Crippen molar-refractivity contribution in [2.24, 2.45) is 5.92 Å². The summed E-state index contributed by atoms with van der Waals surface area (Å²) in [6.45, 7) is 3.88. The number of likely N-dealkylation sites (tertiary alicyclic amines) is 1. The summed E-state index contributed by atoms with van der Waals surface area (Å²) in [4.78, 5) is 2.65. The first-order valence-corrected chi connectivity index (χ1v) is 6.13. The van der Waals surface area contributed by atoms with Crippen molar-refractivity contribution < 1.29 is 0 Å². The maximum atomic E-state index is 4.05. The van der Waals surface area contributed by atoms with Gasteiger partial charge in [0.25, 0.3) is 0 Å². The van der Waals surface area contributed by atoms with Gasteiger partial charge in [-0.3, -0.25) is 5.10 Å². The molecule has 0 amide bonds. The smallest absolute Gasteiger partial charge is 0.0490 e. The highest BCUT2D eigenvalue weighted by Crippen LogP contribution is 2.32. The van der Waals surface area contributed by atoms with Gasteiger partial charge in [-0.15, -0.1) is 0 Å². The van der Waals surface area contributed by atoms with Gasteiger partial charge in [0.1, 0.15) is 0 Å². The van der Waals surface area contributed by atoms with Gasteiger partial charge >= 0.3 is 0 Å². The molecule has 1 aliphatic heterocycles. The van der Waals surface area contributed by atoms with Crippen LogP contribution >= 0.6 is 0 Å². The van der Waals surface area contributed by atoms with Crippen LogP contribution in [0, 0.1) is 5.92 Å². The van der Waals surface area contributed by atoms with Gasteiger partial charge < -0.3 is 4.90 Å². The van der Waals surface area contributed by atoms with Crippen LogP contribution in [-0.2, 0) is 0 Å². The Hall–Kier alpha value is -0.830. The zero-order valence-electron chi connectivity index (χ0n) is 9.15.